The van der Waals surface area contributed by atoms with Gasteiger partial charge in [0.15, 0.2) is 5.11 Å². The Morgan fingerprint density at radius 2 is 1.74 bits per heavy atom. The number of carbonyl (C=O) groups is 1. The number of sulfonamides is 1. The number of nitrogens with two attached hydrogens (primary N) is 1. The van der Waals surface area contributed by atoms with Gasteiger partial charge in [0.2, 0.25) is 10.0 Å². The highest BCUT2D eigenvalue weighted by Crippen LogP contribution is 2.38. The summed E-state index contributed by atoms with van der Waals surface area (Å²) in [4.78, 5) is 27.6. The molecule has 34 heavy (non-hydrogen) atoms. The van der Waals surface area contributed by atoms with E-state index in [4.69, 9.17) is 29.0 Å². The quantitative estimate of drug-likeness (QED) is 0.292. The third-order valence-electron chi connectivity index (χ3n) is 5.31. The van der Waals surface area contributed by atoms with Gasteiger partial charge in [0.1, 0.15) is 4.88 Å². The molecule has 1 amide bonds. The largest absolute Gasteiger partial charge is 0.345 e. The first kappa shape index (κ1) is 24.3. The SMILES string of the molecule is NS(=O)(=O)c1ccc(NC(=S)N2CCN(C(=O)c3sc4cc([N+](=O)[O-])ccc4c3Cl)CC2)cc1. The molecule has 0 spiro atoms. The molecule has 1 aromatic heterocycles. The standard InChI is InChI=1S/C20H18ClN5O5S3/c21-17-15-6-3-13(26(28)29)11-16(15)33-18(17)19(27)24-7-9-25(10-8-24)20(32)23-12-1-4-14(5-2-12)34(22,30)31/h1-6,11H,7-10H2,(H,23,32)(H2,22,30,31). The Kier molecular flexibility index (Phi) is 6.73. The van der Waals surface area contributed by atoms with Crippen molar-refractivity contribution in [2.75, 3.05) is 31.5 Å². The van der Waals surface area contributed by atoms with Gasteiger partial charge in [-0.25, -0.2) is 13.6 Å². The van der Waals surface area contributed by atoms with Crippen LogP contribution < -0.4 is 10.5 Å². The molecule has 0 atom stereocenters. The van der Waals surface area contributed by atoms with E-state index in [1.54, 1.807) is 23.1 Å². The minimum atomic E-state index is -3.77. The highest BCUT2D eigenvalue weighted by molar-refractivity contribution is 7.89. The number of thiocarbonyl (C=S) groups is 1. The number of carbonyl (C=O) groups excluding carboxylic acids is 1. The molecule has 1 fully saturated rings. The highest BCUT2D eigenvalue weighted by atomic mass is 35.5. The Morgan fingerprint density at radius 3 is 2.32 bits per heavy atom. The van der Waals surface area contributed by atoms with Crippen molar-refractivity contribution in [1.82, 2.24) is 9.80 Å². The van der Waals surface area contributed by atoms with Crippen LogP contribution in [0.15, 0.2) is 47.4 Å². The van der Waals surface area contributed by atoms with Crippen LogP contribution in [0.1, 0.15) is 9.67 Å². The molecule has 4 rings (SSSR count). The normalized spacial score (nSPS) is 14.3. The molecule has 1 aliphatic rings. The topological polar surface area (TPSA) is 139 Å². The van der Waals surface area contributed by atoms with Crippen molar-refractivity contribution in [2.24, 2.45) is 5.14 Å². The Labute approximate surface area is 209 Å². The molecule has 0 radical (unpaired) electrons. The van der Waals surface area contributed by atoms with Crippen LogP contribution in [0, 0.1) is 10.1 Å². The van der Waals surface area contributed by atoms with Crippen molar-refractivity contribution in [2.45, 2.75) is 4.90 Å². The van der Waals surface area contributed by atoms with Gasteiger partial charge in [0.25, 0.3) is 11.6 Å². The molecule has 3 aromatic rings. The zero-order chi connectivity index (χ0) is 24.6. The maximum absolute atomic E-state index is 13.1. The lowest BCUT2D eigenvalue weighted by Crippen LogP contribution is -2.51. The van der Waals surface area contributed by atoms with Crippen molar-refractivity contribution in [3.63, 3.8) is 0 Å². The van der Waals surface area contributed by atoms with Gasteiger partial charge in [0.05, 0.1) is 14.8 Å². The molecule has 1 saturated heterocycles. The van der Waals surface area contributed by atoms with E-state index in [9.17, 15) is 23.3 Å². The van der Waals surface area contributed by atoms with Crippen LogP contribution in [0.25, 0.3) is 10.1 Å². The van der Waals surface area contributed by atoms with Gasteiger partial charge in [-0.05, 0) is 42.5 Å². The zero-order valence-corrected chi connectivity index (χ0v) is 20.6. The fraction of sp³-hybridized carbons (Fsp3) is 0.200. The molecule has 14 heteroatoms. The third-order valence-corrected chi connectivity index (χ3v) is 8.24. The van der Waals surface area contributed by atoms with Crippen molar-refractivity contribution < 1.29 is 18.1 Å². The maximum atomic E-state index is 13.1. The van der Waals surface area contributed by atoms with Crippen molar-refractivity contribution in [1.29, 1.82) is 0 Å². The molecule has 2 heterocycles. The molecular weight excluding hydrogens is 522 g/mol. The highest BCUT2D eigenvalue weighted by Gasteiger charge is 2.27. The summed E-state index contributed by atoms with van der Waals surface area (Å²) in [6.45, 7) is 1.80. The lowest BCUT2D eigenvalue weighted by Gasteiger charge is -2.36. The number of anilines is 1. The number of nitro benzene ring substituents is 1. The number of rotatable bonds is 4. The number of benzene rings is 2. The predicted molar refractivity (Wildman–Crippen MR) is 135 cm³/mol. The van der Waals surface area contributed by atoms with Gasteiger partial charge in [0, 0.05) is 54.1 Å². The smallest absolute Gasteiger partial charge is 0.270 e. The van der Waals surface area contributed by atoms with E-state index in [0.717, 1.165) is 11.3 Å². The second-order valence-corrected chi connectivity index (χ2v) is 10.8. The molecule has 0 saturated carbocycles. The summed E-state index contributed by atoms with van der Waals surface area (Å²) >= 11 is 13.0. The van der Waals surface area contributed by atoms with Crippen LogP contribution in [-0.2, 0) is 10.0 Å². The van der Waals surface area contributed by atoms with Gasteiger partial charge in [-0.15, -0.1) is 11.3 Å². The molecule has 2 aromatic carbocycles. The molecule has 10 nitrogen and oxygen atoms in total. The molecule has 1 aliphatic heterocycles. The fourth-order valence-corrected chi connectivity index (χ4v) is 5.82. The van der Waals surface area contributed by atoms with E-state index in [-0.39, 0.29) is 16.5 Å². The Hall–Kier alpha value is -2.84. The number of nitrogens with zero attached hydrogens (tertiary/aromatic N) is 3. The number of thiophene rings is 1. The molecule has 0 unspecified atom stereocenters. The number of non-ortho nitro benzene ring substituents is 1. The Balaban J connectivity index is 1.39. The van der Waals surface area contributed by atoms with Crippen LogP contribution in [0.3, 0.4) is 0 Å². The number of hydrogen-bond acceptors (Lipinski definition) is 7. The fourth-order valence-electron chi connectivity index (χ4n) is 3.49. The van der Waals surface area contributed by atoms with E-state index in [1.807, 2.05) is 4.90 Å². The molecular formula is C20H18ClN5O5S3. The van der Waals surface area contributed by atoms with Crippen LogP contribution in [0.5, 0.6) is 0 Å². The minimum absolute atomic E-state index is 0.00518. The number of nitrogens with one attached hydrogen (secondary N) is 1. The van der Waals surface area contributed by atoms with Crippen LogP contribution in [0.4, 0.5) is 11.4 Å². The first-order valence-electron chi connectivity index (χ1n) is 9.89. The van der Waals surface area contributed by atoms with E-state index in [1.165, 1.54) is 24.3 Å². The van der Waals surface area contributed by atoms with Crippen molar-refractivity contribution in [3.05, 3.63) is 62.5 Å². The molecule has 178 valence electrons. The summed E-state index contributed by atoms with van der Waals surface area (Å²) in [7, 11) is -3.77. The number of amides is 1. The Morgan fingerprint density at radius 1 is 1.12 bits per heavy atom. The lowest BCUT2D eigenvalue weighted by molar-refractivity contribution is -0.384. The number of primary sulfonamides is 1. The van der Waals surface area contributed by atoms with Gasteiger partial charge in [-0.3, -0.25) is 14.9 Å². The second kappa shape index (κ2) is 9.43. The van der Waals surface area contributed by atoms with Crippen LogP contribution in [0.2, 0.25) is 5.02 Å². The van der Waals surface area contributed by atoms with Gasteiger partial charge in [-0.1, -0.05) is 11.6 Å². The second-order valence-electron chi connectivity index (χ2n) is 7.46. The van der Waals surface area contributed by atoms with Crippen molar-refractivity contribution >= 4 is 77.7 Å². The van der Waals surface area contributed by atoms with E-state index < -0.39 is 14.9 Å². The van der Waals surface area contributed by atoms with Gasteiger partial charge in [-0.2, -0.15) is 0 Å². The Bertz CT molecular complexity index is 1400. The van der Waals surface area contributed by atoms with E-state index in [2.05, 4.69) is 5.32 Å². The van der Waals surface area contributed by atoms with Crippen molar-refractivity contribution in [3.8, 4) is 0 Å². The minimum Gasteiger partial charge on any atom is -0.345 e. The number of halogens is 1. The van der Waals surface area contributed by atoms with Gasteiger partial charge < -0.3 is 15.1 Å². The van der Waals surface area contributed by atoms with Gasteiger partial charge >= 0.3 is 0 Å². The molecule has 0 aliphatic carbocycles. The summed E-state index contributed by atoms with van der Waals surface area (Å²) in [5, 5.41) is 20.5. The average Bonchev–Trinajstić information content (AvgIpc) is 3.14. The van der Waals surface area contributed by atoms with E-state index in [0.29, 0.717) is 57.0 Å². The molecule has 0 bridgehead atoms. The zero-order valence-electron chi connectivity index (χ0n) is 17.4. The van der Waals surface area contributed by atoms with Crippen LogP contribution in [-0.4, -0.2) is 60.3 Å². The predicted octanol–water partition coefficient (Wildman–Crippen LogP) is 3.27. The monoisotopic (exact) mass is 539 g/mol. The summed E-state index contributed by atoms with van der Waals surface area (Å²) in [5.41, 5.74) is 0.556. The van der Waals surface area contributed by atoms with E-state index >= 15 is 0 Å². The number of hydrogen-bond donors (Lipinski definition) is 2. The van der Waals surface area contributed by atoms with Crippen LogP contribution >= 0.6 is 35.2 Å². The summed E-state index contributed by atoms with van der Waals surface area (Å²) in [6, 6.07) is 10.3. The first-order chi connectivity index (χ1) is 16.0. The number of piperazine rings is 1. The summed E-state index contributed by atoms with van der Waals surface area (Å²) in [6.07, 6.45) is 0. The average molecular weight is 540 g/mol. The first-order valence-corrected chi connectivity index (χ1v) is 13.0. The summed E-state index contributed by atoms with van der Waals surface area (Å²) in [5.74, 6) is -0.231. The third kappa shape index (κ3) is 4.98. The lowest BCUT2D eigenvalue weighted by atomic mass is 10.2. The number of fused-ring (bicyclic) bond motifs is 1. The summed E-state index contributed by atoms with van der Waals surface area (Å²) < 4.78 is 23.3. The molecule has 3 N–H and O–H groups in total. The number of nitro groups is 1. The maximum Gasteiger partial charge on any atom is 0.270 e.